The van der Waals surface area contributed by atoms with Crippen LogP contribution in [-0.4, -0.2) is 41.7 Å². The van der Waals surface area contributed by atoms with Crippen LogP contribution in [0.2, 0.25) is 0 Å². The molecule has 0 unspecified atom stereocenters. The molecular weight excluding hydrogens is 260 g/mol. The van der Waals surface area contributed by atoms with E-state index in [0.29, 0.717) is 17.5 Å². The van der Waals surface area contributed by atoms with Gasteiger partial charge in [-0.15, -0.1) is 0 Å². The Hall–Kier alpha value is -2.59. The summed E-state index contributed by atoms with van der Waals surface area (Å²) in [6.45, 7) is 0.471. The molecule has 0 saturated heterocycles. The highest BCUT2D eigenvalue weighted by Gasteiger charge is 2.09. The Bertz CT molecular complexity index is 534. The molecule has 0 spiro atoms. The molecule has 0 atom stereocenters. The zero-order valence-electron chi connectivity index (χ0n) is 10.8. The number of carbonyl (C=O) groups excluding carboxylic acids is 2. The van der Waals surface area contributed by atoms with Gasteiger partial charge in [0.1, 0.15) is 0 Å². The minimum atomic E-state index is -0.640. The molecule has 0 aliphatic carbocycles. The number of rotatable bonds is 5. The number of hydrogen-bond acceptors (Lipinski definition) is 4. The molecule has 0 aliphatic rings. The van der Waals surface area contributed by atoms with Gasteiger partial charge in [-0.1, -0.05) is 11.8 Å². The van der Waals surface area contributed by atoms with Crippen LogP contribution in [0.3, 0.4) is 0 Å². The van der Waals surface area contributed by atoms with Gasteiger partial charge >= 0.3 is 6.03 Å². The van der Waals surface area contributed by atoms with Gasteiger partial charge in [-0.05, 0) is 6.07 Å². The lowest BCUT2D eigenvalue weighted by molar-refractivity contribution is 0.0953. The lowest BCUT2D eigenvalue weighted by Crippen LogP contribution is -2.37. The third-order valence-electron chi connectivity index (χ3n) is 2.24. The van der Waals surface area contributed by atoms with E-state index in [1.54, 1.807) is 6.07 Å². The number of nitrogens with zero attached hydrogens (tertiary/aromatic N) is 1. The molecule has 7 nitrogen and oxygen atoms in total. The van der Waals surface area contributed by atoms with E-state index < -0.39 is 6.03 Å². The number of nitrogens with two attached hydrogens (primary N) is 1. The fraction of sp³-hybridized carbons (Fsp3) is 0.308. The normalized spacial score (nSPS) is 9.25. The van der Waals surface area contributed by atoms with Crippen molar-refractivity contribution in [2.24, 2.45) is 5.73 Å². The van der Waals surface area contributed by atoms with Crippen molar-refractivity contribution in [2.75, 3.05) is 19.7 Å². The van der Waals surface area contributed by atoms with E-state index in [9.17, 15) is 9.59 Å². The van der Waals surface area contributed by atoms with Gasteiger partial charge in [0.05, 0.1) is 17.7 Å². The maximum atomic E-state index is 11.9. The number of amides is 3. The van der Waals surface area contributed by atoms with Crippen molar-refractivity contribution in [3.05, 3.63) is 29.6 Å². The van der Waals surface area contributed by atoms with E-state index in [2.05, 4.69) is 27.5 Å². The highest BCUT2D eigenvalue weighted by atomic mass is 16.2. The Morgan fingerprint density at radius 2 is 2.10 bits per heavy atom. The third-order valence-corrected chi connectivity index (χ3v) is 2.24. The molecule has 106 valence electrons. The number of pyridine rings is 1. The van der Waals surface area contributed by atoms with E-state index >= 15 is 0 Å². The van der Waals surface area contributed by atoms with Crippen LogP contribution in [0.1, 0.15) is 22.3 Å². The van der Waals surface area contributed by atoms with Gasteiger partial charge in [-0.25, -0.2) is 4.79 Å². The Morgan fingerprint density at radius 1 is 1.35 bits per heavy atom. The molecule has 7 heteroatoms. The summed E-state index contributed by atoms with van der Waals surface area (Å²) in [7, 11) is 0. The minimum absolute atomic E-state index is 0.0341. The van der Waals surface area contributed by atoms with Gasteiger partial charge < -0.3 is 21.5 Å². The molecule has 1 aromatic rings. The quantitative estimate of drug-likeness (QED) is 0.416. The summed E-state index contributed by atoms with van der Waals surface area (Å²) in [4.78, 5) is 26.3. The molecule has 0 aliphatic heterocycles. The number of aliphatic hydroxyl groups is 1. The first kappa shape index (κ1) is 15.5. The summed E-state index contributed by atoms with van der Waals surface area (Å²) in [5, 5.41) is 13.7. The van der Waals surface area contributed by atoms with Crippen molar-refractivity contribution in [2.45, 2.75) is 6.42 Å². The molecule has 1 heterocycles. The van der Waals surface area contributed by atoms with Gasteiger partial charge in [-0.2, -0.15) is 0 Å². The second-order valence-corrected chi connectivity index (χ2v) is 3.74. The van der Waals surface area contributed by atoms with Crippen molar-refractivity contribution in [3.8, 4) is 11.8 Å². The van der Waals surface area contributed by atoms with Crippen LogP contribution in [0.15, 0.2) is 18.5 Å². The monoisotopic (exact) mass is 276 g/mol. The number of carbonyl (C=O) groups is 2. The zero-order valence-corrected chi connectivity index (χ0v) is 10.8. The average molecular weight is 276 g/mol. The average Bonchev–Trinajstić information content (AvgIpc) is 2.44. The number of urea groups is 1. The van der Waals surface area contributed by atoms with Crippen LogP contribution in [0, 0.1) is 11.8 Å². The second kappa shape index (κ2) is 8.50. The molecule has 0 aromatic carbocycles. The van der Waals surface area contributed by atoms with Crippen molar-refractivity contribution >= 4 is 11.9 Å². The Kier molecular flexibility index (Phi) is 6.57. The van der Waals surface area contributed by atoms with Crippen molar-refractivity contribution in [1.82, 2.24) is 15.6 Å². The predicted molar refractivity (Wildman–Crippen MR) is 72.7 cm³/mol. The van der Waals surface area contributed by atoms with E-state index in [0.717, 1.165) is 0 Å². The molecule has 20 heavy (non-hydrogen) atoms. The van der Waals surface area contributed by atoms with Crippen LogP contribution in [0.5, 0.6) is 0 Å². The van der Waals surface area contributed by atoms with E-state index in [1.807, 2.05) is 0 Å². The Morgan fingerprint density at radius 3 is 2.80 bits per heavy atom. The van der Waals surface area contributed by atoms with Crippen molar-refractivity contribution < 1.29 is 14.7 Å². The van der Waals surface area contributed by atoms with Gasteiger partial charge in [0, 0.05) is 31.9 Å². The molecule has 0 fully saturated rings. The standard InChI is InChI=1S/C13H16N4O3/c14-13(20)17-7-6-16-12(19)11-4-5-15-9-10(11)3-1-2-8-18/h4-5,9,18H,2,6-8H2,(H,16,19)(H3,14,17,20). The summed E-state index contributed by atoms with van der Waals surface area (Å²) in [5.41, 5.74) is 5.78. The predicted octanol–water partition coefficient (Wildman–Crippen LogP) is -0.786. The van der Waals surface area contributed by atoms with Crippen molar-refractivity contribution in [1.29, 1.82) is 0 Å². The third kappa shape index (κ3) is 5.37. The van der Waals surface area contributed by atoms with Gasteiger partial charge in [0.2, 0.25) is 0 Å². The second-order valence-electron chi connectivity index (χ2n) is 3.74. The van der Waals surface area contributed by atoms with Crippen LogP contribution in [0.25, 0.3) is 0 Å². The van der Waals surface area contributed by atoms with Crippen LogP contribution < -0.4 is 16.4 Å². The lowest BCUT2D eigenvalue weighted by atomic mass is 10.1. The fourth-order valence-electron chi connectivity index (χ4n) is 1.36. The summed E-state index contributed by atoms with van der Waals surface area (Å²) in [6, 6.07) is 0.915. The smallest absolute Gasteiger partial charge is 0.312 e. The fourth-order valence-corrected chi connectivity index (χ4v) is 1.36. The largest absolute Gasteiger partial charge is 0.395 e. The van der Waals surface area contributed by atoms with Crippen LogP contribution in [0.4, 0.5) is 4.79 Å². The Balaban J connectivity index is 2.64. The highest BCUT2D eigenvalue weighted by Crippen LogP contribution is 2.05. The number of primary amides is 1. The van der Waals surface area contributed by atoms with Gasteiger partial charge in [-0.3, -0.25) is 9.78 Å². The molecule has 3 amide bonds. The van der Waals surface area contributed by atoms with E-state index in [-0.39, 0.29) is 25.6 Å². The summed E-state index contributed by atoms with van der Waals surface area (Å²) in [5.74, 6) is 5.20. The van der Waals surface area contributed by atoms with Crippen LogP contribution in [-0.2, 0) is 0 Å². The zero-order chi connectivity index (χ0) is 14.8. The Labute approximate surface area is 116 Å². The highest BCUT2D eigenvalue weighted by molar-refractivity contribution is 5.96. The lowest BCUT2D eigenvalue weighted by Gasteiger charge is -2.06. The van der Waals surface area contributed by atoms with Crippen molar-refractivity contribution in [3.63, 3.8) is 0 Å². The number of aliphatic hydroxyl groups excluding tert-OH is 1. The number of nitrogens with one attached hydrogen (secondary N) is 2. The first-order valence-corrected chi connectivity index (χ1v) is 6.00. The SMILES string of the molecule is NC(=O)NCCNC(=O)c1ccncc1C#CCCO. The summed E-state index contributed by atoms with van der Waals surface area (Å²) in [6.07, 6.45) is 3.31. The maximum Gasteiger partial charge on any atom is 0.312 e. The molecule has 1 rings (SSSR count). The number of aromatic nitrogens is 1. The molecular formula is C13H16N4O3. The first-order valence-electron chi connectivity index (χ1n) is 6.00. The van der Waals surface area contributed by atoms with E-state index in [4.69, 9.17) is 10.8 Å². The summed E-state index contributed by atoms with van der Waals surface area (Å²) < 4.78 is 0. The maximum absolute atomic E-state index is 11.9. The number of hydrogen-bond donors (Lipinski definition) is 4. The van der Waals surface area contributed by atoms with Crippen LogP contribution >= 0.6 is 0 Å². The minimum Gasteiger partial charge on any atom is -0.395 e. The topological polar surface area (TPSA) is 117 Å². The van der Waals surface area contributed by atoms with Gasteiger partial charge in [0.15, 0.2) is 0 Å². The summed E-state index contributed by atoms with van der Waals surface area (Å²) >= 11 is 0. The molecule has 0 saturated carbocycles. The van der Waals surface area contributed by atoms with Gasteiger partial charge in [0.25, 0.3) is 5.91 Å². The van der Waals surface area contributed by atoms with E-state index in [1.165, 1.54) is 12.4 Å². The molecule has 0 radical (unpaired) electrons. The molecule has 1 aromatic heterocycles. The first-order chi connectivity index (χ1) is 9.65. The molecule has 5 N–H and O–H groups in total. The molecule has 0 bridgehead atoms.